The number of anilines is 2. The quantitative estimate of drug-likeness (QED) is 0.638. The second-order valence-electron chi connectivity index (χ2n) is 6.51. The van der Waals surface area contributed by atoms with E-state index in [0.717, 1.165) is 6.07 Å². The predicted octanol–water partition coefficient (Wildman–Crippen LogP) is 3.81. The summed E-state index contributed by atoms with van der Waals surface area (Å²) in [5.41, 5.74) is 0.338. The van der Waals surface area contributed by atoms with Gasteiger partial charge in [0.15, 0.2) is 5.82 Å². The smallest absolute Gasteiger partial charge is 0.417 e. The van der Waals surface area contributed by atoms with Crippen molar-refractivity contribution < 1.29 is 27.5 Å². The Morgan fingerprint density at radius 2 is 1.81 bits per heavy atom. The van der Waals surface area contributed by atoms with Gasteiger partial charge in [0.1, 0.15) is 5.75 Å². The monoisotopic (exact) mass is 433 g/mol. The number of benzene rings is 1. The minimum absolute atomic E-state index is 0.130. The first-order chi connectivity index (χ1) is 14.6. The number of hydrogen-bond acceptors (Lipinski definition) is 5. The minimum atomic E-state index is -4.50. The number of alkyl halides is 3. The summed E-state index contributed by atoms with van der Waals surface area (Å²) in [5, 5.41) is 9.36. The number of aromatic nitrogens is 3. The van der Waals surface area contributed by atoms with Crippen LogP contribution < -0.4 is 15.4 Å². The average Bonchev–Trinajstić information content (AvgIpc) is 3.09. The lowest BCUT2D eigenvalue weighted by atomic mass is 10.2. The van der Waals surface area contributed by atoms with E-state index in [1.54, 1.807) is 25.1 Å². The van der Waals surface area contributed by atoms with Gasteiger partial charge in [-0.15, -0.1) is 0 Å². The third-order valence-corrected chi connectivity index (χ3v) is 4.33. The summed E-state index contributed by atoms with van der Waals surface area (Å²) in [6, 6.07) is 6.81. The third-order valence-electron chi connectivity index (χ3n) is 4.33. The van der Waals surface area contributed by atoms with Crippen LogP contribution in [0.2, 0.25) is 0 Å². The van der Waals surface area contributed by atoms with Crippen molar-refractivity contribution in [3.8, 4) is 11.6 Å². The molecule has 8 nitrogen and oxygen atoms in total. The highest BCUT2D eigenvalue weighted by molar-refractivity contribution is 6.07. The highest BCUT2D eigenvalue weighted by Crippen LogP contribution is 2.30. The van der Waals surface area contributed by atoms with Gasteiger partial charge in [-0.1, -0.05) is 0 Å². The van der Waals surface area contributed by atoms with Crippen molar-refractivity contribution in [2.24, 2.45) is 0 Å². The van der Waals surface area contributed by atoms with E-state index in [-0.39, 0.29) is 17.3 Å². The Balaban J connectivity index is 1.88. The Labute approximate surface area is 175 Å². The third kappa shape index (κ3) is 4.82. The zero-order valence-electron chi connectivity index (χ0n) is 16.7. The first-order valence-electron chi connectivity index (χ1n) is 8.95. The molecule has 2 aromatic heterocycles. The van der Waals surface area contributed by atoms with Gasteiger partial charge in [0, 0.05) is 19.2 Å². The summed E-state index contributed by atoms with van der Waals surface area (Å²) in [6.07, 6.45) is -2.52. The van der Waals surface area contributed by atoms with Crippen LogP contribution in [0.5, 0.6) is 5.75 Å². The molecule has 2 amide bonds. The summed E-state index contributed by atoms with van der Waals surface area (Å²) in [4.78, 5) is 28.0. The number of amides is 2. The van der Waals surface area contributed by atoms with Crippen molar-refractivity contribution in [2.45, 2.75) is 20.0 Å². The van der Waals surface area contributed by atoms with Gasteiger partial charge in [-0.2, -0.15) is 18.3 Å². The standard InChI is InChI=1S/C20H18F3N5O3/c1-11-15(10-25-28(11)18-7-4-13(9-24-18)20(21,22)23)19(30)27-17-8-14(31-3)5-6-16(17)26-12(2)29/h4-10H,1-3H3,(H,26,29)(H,27,30). The number of carbonyl (C=O) groups is 2. The average molecular weight is 433 g/mol. The zero-order chi connectivity index (χ0) is 22.8. The molecule has 1 aromatic carbocycles. The van der Waals surface area contributed by atoms with Crippen LogP contribution >= 0.6 is 0 Å². The van der Waals surface area contributed by atoms with Gasteiger partial charge in [0.25, 0.3) is 5.91 Å². The minimum Gasteiger partial charge on any atom is -0.497 e. The van der Waals surface area contributed by atoms with Crippen LogP contribution in [0.3, 0.4) is 0 Å². The Morgan fingerprint density at radius 1 is 1.06 bits per heavy atom. The van der Waals surface area contributed by atoms with E-state index in [1.807, 2.05) is 0 Å². The lowest BCUT2D eigenvalue weighted by Crippen LogP contribution is -2.16. The molecule has 0 atom stereocenters. The van der Waals surface area contributed by atoms with E-state index in [0.29, 0.717) is 29.0 Å². The Morgan fingerprint density at radius 3 is 2.39 bits per heavy atom. The molecule has 2 N–H and O–H groups in total. The maximum atomic E-state index is 12.8. The predicted molar refractivity (Wildman–Crippen MR) is 106 cm³/mol. The van der Waals surface area contributed by atoms with Crippen molar-refractivity contribution in [1.82, 2.24) is 14.8 Å². The van der Waals surface area contributed by atoms with Gasteiger partial charge in [-0.25, -0.2) is 9.67 Å². The summed E-state index contributed by atoms with van der Waals surface area (Å²) in [7, 11) is 1.46. The van der Waals surface area contributed by atoms with Crippen LogP contribution in [-0.2, 0) is 11.0 Å². The van der Waals surface area contributed by atoms with Crippen molar-refractivity contribution in [1.29, 1.82) is 0 Å². The number of methoxy groups -OCH3 is 1. The van der Waals surface area contributed by atoms with E-state index in [4.69, 9.17) is 4.74 Å². The van der Waals surface area contributed by atoms with Gasteiger partial charge in [-0.3, -0.25) is 9.59 Å². The molecule has 0 spiro atoms. The van der Waals surface area contributed by atoms with Gasteiger partial charge >= 0.3 is 6.18 Å². The fraction of sp³-hybridized carbons (Fsp3) is 0.200. The number of ether oxygens (including phenoxy) is 1. The highest BCUT2D eigenvalue weighted by Gasteiger charge is 2.31. The lowest BCUT2D eigenvalue weighted by molar-refractivity contribution is -0.137. The summed E-state index contributed by atoms with van der Waals surface area (Å²) >= 11 is 0. The largest absolute Gasteiger partial charge is 0.497 e. The number of carbonyl (C=O) groups excluding carboxylic acids is 2. The zero-order valence-corrected chi connectivity index (χ0v) is 16.7. The van der Waals surface area contributed by atoms with Gasteiger partial charge in [0.2, 0.25) is 5.91 Å². The molecule has 162 valence electrons. The molecule has 0 radical (unpaired) electrons. The Bertz CT molecular complexity index is 1120. The lowest BCUT2D eigenvalue weighted by Gasteiger charge is -2.13. The topological polar surface area (TPSA) is 98.1 Å². The van der Waals surface area contributed by atoms with Crippen LogP contribution in [0.25, 0.3) is 5.82 Å². The number of halogens is 3. The molecular formula is C20H18F3N5O3. The van der Waals surface area contributed by atoms with Crippen molar-refractivity contribution >= 4 is 23.2 Å². The molecule has 2 heterocycles. The fourth-order valence-corrected chi connectivity index (χ4v) is 2.78. The molecule has 0 aliphatic heterocycles. The summed E-state index contributed by atoms with van der Waals surface area (Å²) in [5.74, 6) is -0.260. The number of hydrogen-bond donors (Lipinski definition) is 2. The van der Waals surface area contributed by atoms with E-state index in [1.165, 1.54) is 31.0 Å². The van der Waals surface area contributed by atoms with E-state index >= 15 is 0 Å². The van der Waals surface area contributed by atoms with E-state index in [9.17, 15) is 22.8 Å². The molecule has 3 rings (SSSR count). The Kier molecular flexibility index (Phi) is 5.95. The molecule has 0 saturated carbocycles. The molecule has 0 aliphatic carbocycles. The molecule has 0 aliphatic rings. The first-order valence-corrected chi connectivity index (χ1v) is 8.95. The van der Waals surface area contributed by atoms with Crippen LogP contribution in [0.1, 0.15) is 28.5 Å². The molecule has 3 aromatic rings. The summed E-state index contributed by atoms with van der Waals surface area (Å²) in [6.45, 7) is 2.92. The SMILES string of the molecule is COc1ccc(NC(C)=O)c(NC(=O)c2cnn(-c3ccc(C(F)(F)F)cn3)c2C)c1. The van der Waals surface area contributed by atoms with Gasteiger partial charge < -0.3 is 15.4 Å². The van der Waals surface area contributed by atoms with Crippen molar-refractivity contribution in [3.05, 3.63) is 59.5 Å². The molecule has 0 unspecified atom stereocenters. The first kappa shape index (κ1) is 21.8. The molecule has 31 heavy (non-hydrogen) atoms. The van der Waals surface area contributed by atoms with Gasteiger partial charge in [0.05, 0.1) is 41.5 Å². The van der Waals surface area contributed by atoms with Crippen LogP contribution in [-0.4, -0.2) is 33.7 Å². The number of pyridine rings is 1. The second-order valence-corrected chi connectivity index (χ2v) is 6.51. The molecule has 0 fully saturated rings. The fourth-order valence-electron chi connectivity index (χ4n) is 2.78. The molecule has 0 bridgehead atoms. The van der Waals surface area contributed by atoms with E-state index in [2.05, 4.69) is 20.7 Å². The van der Waals surface area contributed by atoms with Crippen molar-refractivity contribution in [3.63, 3.8) is 0 Å². The second kappa shape index (κ2) is 8.46. The normalized spacial score (nSPS) is 11.2. The van der Waals surface area contributed by atoms with Crippen molar-refractivity contribution in [2.75, 3.05) is 17.7 Å². The number of nitrogens with one attached hydrogen (secondary N) is 2. The molecule has 11 heteroatoms. The Hall–Kier alpha value is -3.89. The molecule has 0 saturated heterocycles. The number of nitrogens with zero attached hydrogens (tertiary/aromatic N) is 3. The highest BCUT2D eigenvalue weighted by atomic mass is 19.4. The maximum Gasteiger partial charge on any atom is 0.417 e. The van der Waals surface area contributed by atoms with Crippen LogP contribution in [0, 0.1) is 6.92 Å². The summed E-state index contributed by atoms with van der Waals surface area (Å²) < 4.78 is 44.6. The maximum absolute atomic E-state index is 12.8. The van der Waals surface area contributed by atoms with E-state index < -0.39 is 17.6 Å². The van der Waals surface area contributed by atoms with Crippen LogP contribution in [0.4, 0.5) is 24.5 Å². The molecular weight excluding hydrogens is 415 g/mol. The number of rotatable bonds is 5. The van der Waals surface area contributed by atoms with Crippen LogP contribution in [0.15, 0.2) is 42.7 Å². The van der Waals surface area contributed by atoms with Gasteiger partial charge in [-0.05, 0) is 31.2 Å².